The molecule has 8 heteroatoms. The topological polar surface area (TPSA) is 86.9 Å². The van der Waals surface area contributed by atoms with Crippen LogP contribution in [-0.2, 0) is 20.3 Å². The van der Waals surface area contributed by atoms with Crippen LogP contribution in [0.3, 0.4) is 0 Å². The van der Waals surface area contributed by atoms with E-state index in [9.17, 15) is 4.79 Å². The van der Waals surface area contributed by atoms with Crippen LogP contribution in [-0.4, -0.2) is 61.8 Å². The molecule has 1 aliphatic rings. The highest BCUT2D eigenvalue weighted by molar-refractivity contribution is 6.74. The summed E-state index contributed by atoms with van der Waals surface area (Å²) in [6.45, 7) is 18.1. The van der Waals surface area contributed by atoms with Crippen LogP contribution in [0.5, 0.6) is 0 Å². The highest BCUT2D eigenvalue weighted by Gasteiger charge is 2.40. The minimum atomic E-state index is -1.94. The number of aromatic nitrogens is 1. The highest BCUT2D eigenvalue weighted by Crippen LogP contribution is 2.37. The lowest BCUT2D eigenvalue weighted by Gasteiger charge is -2.43. The van der Waals surface area contributed by atoms with E-state index in [1.165, 1.54) is 0 Å². The Hall–Kier alpha value is -1.64. The maximum absolute atomic E-state index is 13.0. The van der Waals surface area contributed by atoms with Crippen LogP contribution >= 0.6 is 0 Å². The molecule has 2 heterocycles. The third-order valence-corrected chi connectivity index (χ3v) is 10.6. The van der Waals surface area contributed by atoms with Crippen molar-refractivity contribution >= 4 is 20.2 Å². The van der Waals surface area contributed by atoms with Crippen molar-refractivity contribution in [1.29, 1.82) is 0 Å². The first kappa shape index (κ1) is 25.6. The van der Waals surface area contributed by atoms with Crippen molar-refractivity contribution in [2.24, 2.45) is 0 Å². The van der Waals surface area contributed by atoms with E-state index in [1.54, 1.807) is 11.1 Å². The molecule has 1 saturated heterocycles. The molecular formula is C23H41N3O4Si. The second kappa shape index (κ2) is 9.88. The number of nitrogen functional groups attached to an aromatic ring is 1. The largest absolute Gasteiger partial charge is 0.444 e. The predicted molar refractivity (Wildman–Crippen MR) is 127 cm³/mol. The molecule has 0 radical (unpaired) electrons. The molecule has 1 aromatic heterocycles. The number of ether oxygens (including phenoxy) is 2. The Morgan fingerprint density at radius 3 is 2.55 bits per heavy atom. The zero-order valence-corrected chi connectivity index (χ0v) is 21.5. The van der Waals surface area contributed by atoms with Gasteiger partial charge < -0.3 is 19.6 Å². The Bertz CT molecular complexity index is 743. The standard InChI is InChI=1S/C23H41N3O4Si/c1-22(2,3)30-21(27)26-14-19(12-11-17-10-9-13-25-20(17)24)28-15-18(26)16-29-31(7,8)23(4,5)6/h9-10,13,18-19H,11-12,14-16H2,1-8H3,(H2,24,25)/t18-,19+/m0/s1. The van der Waals surface area contributed by atoms with Crippen LogP contribution in [0.25, 0.3) is 0 Å². The number of carbonyl (C=O) groups is 1. The smallest absolute Gasteiger partial charge is 0.410 e. The molecule has 2 N–H and O–H groups in total. The van der Waals surface area contributed by atoms with E-state index in [0.29, 0.717) is 25.6 Å². The molecule has 31 heavy (non-hydrogen) atoms. The first-order valence-corrected chi connectivity index (χ1v) is 14.0. The lowest BCUT2D eigenvalue weighted by Crippen LogP contribution is -2.56. The number of anilines is 1. The predicted octanol–water partition coefficient (Wildman–Crippen LogP) is 4.62. The maximum Gasteiger partial charge on any atom is 0.410 e. The Balaban J connectivity index is 2.07. The molecule has 0 bridgehead atoms. The number of amides is 1. The molecule has 0 aromatic carbocycles. The summed E-state index contributed by atoms with van der Waals surface area (Å²) in [6.07, 6.45) is 2.79. The molecular weight excluding hydrogens is 410 g/mol. The molecule has 2 rings (SSSR count). The van der Waals surface area contributed by atoms with Gasteiger partial charge in [0.2, 0.25) is 0 Å². The van der Waals surface area contributed by atoms with Gasteiger partial charge in [-0.3, -0.25) is 4.90 Å². The summed E-state index contributed by atoms with van der Waals surface area (Å²) < 4.78 is 18.2. The molecule has 1 aromatic rings. The molecule has 0 spiro atoms. The van der Waals surface area contributed by atoms with E-state index in [2.05, 4.69) is 38.8 Å². The van der Waals surface area contributed by atoms with Crippen LogP contribution < -0.4 is 5.73 Å². The van der Waals surface area contributed by atoms with Crippen molar-refractivity contribution in [3.8, 4) is 0 Å². The molecule has 1 aliphatic heterocycles. The minimum absolute atomic E-state index is 0.0868. The Labute approximate surface area is 188 Å². The Kier molecular flexibility index (Phi) is 8.16. The van der Waals surface area contributed by atoms with Gasteiger partial charge in [0.05, 0.1) is 31.9 Å². The number of rotatable bonds is 6. The van der Waals surface area contributed by atoms with Gasteiger partial charge in [-0.25, -0.2) is 9.78 Å². The van der Waals surface area contributed by atoms with E-state index < -0.39 is 13.9 Å². The quantitative estimate of drug-likeness (QED) is 0.635. The third kappa shape index (κ3) is 7.47. The van der Waals surface area contributed by atoms with Crippen LogP contribution in [0.1, 0.15) is 53.5 Å². The summed E-state index contributed by atoms with van der Waals surface area (Å²) in [5.41, 5.74) is 6.41. The van der Waals surface area contributed by atoms with Gasteiger partial charge >= 0.3 is 6.09 Å². The summed E-state index contributed by atoms with van der Waals surface area (Å²) in [5.74, 6) is 0.544. The van der Waals surface area contributed by atoms with Gasteiger partial charge in [0, 0.05) is 6.20 Å². The number of carbonyl (C=O) groups excluding carboxylic acids is 1. The monoisotopic (exact) mass is 451 g/mol. The molecule has 1 fully saturated rings. The van der Waals surface area contributed by atoms with Crippen LogP contribution in [0, 0.1) is 0 Å². The number of hydrogen-bond acceptors (Lipinski definition) is 6. The number of morpholine rings is 1. The van der Waals surface area contributed by atoms with Gasteiger partial charge in [-0.15, -0.1) is 0 Å². The van der Waals surface area contributed by atoms with Crippen molar-refractivity contribution in [1.82, 2.24) is 9.88 Å². The van der Waals surface area contributed by atoms with Gasteiger partial charge in [-0.2, -0.15) is 0 Å². The lowest BCUT2D eigenvalue weighted by molar-refractivity contribution is -0.0808. The fraction of sp³-hybridized carbons (Fsp3) is 0.739. The molecule has 1 amide bonds. The molecule has 0 saturated carbocycles. The first-order valence-electron chi connectivity index (χ1n) is 11.1. The van der Waals surface area contributed by atoms with E-state index in [4.69, 9.17) is 19.6 Å². The zero-order valence-electron chi connectivity index (χ0n) is 20.5. The van der Waals surface area contributed by atoms with Gasteiger partial charge in [-0.05, 0) is 63.4 Å². The summed E-state index contributed by atoms with van der Waals surface area (Å²) in [7, 11) is -1.94. The van der Waals surface area contributed by atoms with Gasteiger partial charge in [0.1, 0.15) is 11.4 Å². The minimum Gasteiger partial charge on any atom is -0.444 e. The summed E-state index contributed by atoms with van der Waals surface area (Å²) in [5, 5.41) is 0.103. The van der Waals surface area contributed by atoms with Crippen LogP contribution in [0.4, 0.5) is 10.6 Å². The second-order valence-corrected chi connectivity index (χ2v) is 15.7. The number of nitrogens with zero attached hydrogens (tertiary/aromatic N) is 2. The molecule has 0 aliphatic carbocycles. The van der Waals surface area contributed by atoms with Crippen molar-refractivity contribution in [3.63, 3.8) is 0 Å². The summed E-state index contributed by atoms with van der Waals surface area (Å²) >= 11 is 0. The number of hydrogen-bond donors (Lipinski definition) is 1. The summed E-state index contributed by atoms with van der Waals surface area (Å²) in [4.78, 5) is 18.9. The van der Waals surface area contributed by atoms with Crippen LogP contribution in [0.15, 0.2) is 18.3 Å². The SMILES string of the molecule is CC(C)(C)OC(=O)N1C[C@@H](CCc2cccnc2N)OC[C@H]1CO[Si](C)(C)C(C)(C)C. The Morgan fingerprint density at radius 1 is 1.29 bits per heavy atom. The Morgan fingerprint density at radius 2 is 1.97 bits per heavy atom. The van der Waals surface area contributed by atoms with Crippen molar-refractivity contribution in [3.05, 3.63) is 23.9 Å². The van der Waals surface area contributed by atoms with E-state index >= 15 is 0 Å². The fourth-order valence-corrected chi connectivity index (χ4v) is 4.16. The van der Waals surface area contributed by atoms with Crippen molar-refractivity contribution in [2.45, 2.75) is 90.3 Å². The number of nitrogens with two attached hydrogens (primary N) is 1. The normalized spacial score (nSPS) is 20.6. The summed E-state index contributed by atoms with van der Waals surface area (Å²) in [6, 6.07) is 3.70. The average Bonchev–Trinajstić information content (AvgIpc) is 2.64. The third-order valence-electron chi connectivity index (χ3n) is 6.10. The first-order chi connectivity index (χ1) is 14.2. The van der Waals surface area contributed by atoms with Crippen molar-refractivity contribution < 1.29 is 18.7 Å². The van der Waals surface area contributed by atoms with E-state index in [0.717, 1.165) is 18.4 Å². The average molecular weight is 452 g/mol. The van der Waals surface area contributed by atoms with Crippen molar-refractivity contribution in [2.75, 3.05) is 25.5 Å². The zero-order chi connectivity index (χ0) is 23.4. The van der Waals surface area contributed by atoms with E-state index in [1.807, 2.05) is 32.9 Å². The molecule has 0 unspecified atom stereocenters. The number of aryl methyl sites for hydroxylation is 1. The second-order valence-electron chi connectivity index (χ2n) is 10.9. The van der Waals surface area contributed by atoms with Crippen LogP contribution in [0.2, 0.25) is 18.1 Å². The molecule has 7 nitrogen and oxygen atoms in total. The van der Waals surface area contributed by atoms with E-state index in [-0.39, 0.29) is 23.3 Å². The molecule has 2 atom stereocenters. The maximum atomic E-state index is 13.0. The van der Waals surface area contributed by atoms with Gasteiger partial charge in [-0.1, -0.05) is 26.8 Å². The van der Waals surface area contributed by atoms with Gasteiger partial charge in [0.15, 0.2) is 8.32 Å². The number of pyridine rings is 1. The fourth-order valence-electron chi connectivity index (χ4n) is 3.11. The highest BCUT2D eigenvalue weighted by atomic mass is 28.4. The molecule has 176 valence electrons. The van der Waals surface area contributed by atoms with Gasteiger partial charge in [0.25, 0.3) is 0 Å². The lowest BCUT2D eigenvalue weighted by atomic mass is 10.1.